The van der Waals surface area contributed by atoms with Crippen molar-refractivity contribution in [3.8, 4) is 0 Å². The lowest BCUT2D eigenvalue weighted by atomic mass is 9.41. The topological polar surface area (TPSA) is 147 Å². The molecule has 0 bridgehead atoms. The van der Waals surface area contributed by atoms with Crippen LogP contribution in [0.2, 0.25) is 0 Å². The fourth-order valence-electron chi connectivity index (χ4n) is 10.1. The van der Waals surface area contributed by atoms with Crippen molar-refractivity contribution in [2.45, 2.75) is 120 Å². The van der Waals surface area contributed by atoms with Gasteiger partial charge in [-0.15, -0.1) is 5.16 Å². The molecule has 6 rings (SSSR count). The van der Waals surface area contributed by atoms with Crippen LogP contribution in [-0.2, 0) is 23.7 Å². The fraction of sp³-hybridized carbons (Fsp3) is 0.867. The highest BCUT2D eigenvalue weighted by molar-refractivity contribution is 5.85. The Morgan fingerprint density at radius 2 is 1.88 bits per heavy atom. The van der Waals surface area contributed by atoms with Crippen molar-refractivity contribution in [1.29, 1.82) is 0 Å². The summed E-state index contributed by atoms with van der Waals surface area (Å²) in [6.07, 6.45) is 6.96. The van der Waals surface area contributed by atoms with Gasteiger partial charge in [-0.25, -0.2) is 4.79 Å². The molecular formula is C30H45NO9. The van der Waals surface area contributed by atoms with Crippen LogP contribution in [0, 0.1) is 28.6 Å². The Kier molecular flexibility index (Phi) is 7.15. The van der Waals surface area contributed by atoms with Crippen molar-refractivity contribution < 1.29 is 44.3 Å². The Balaban J connectivity index is 1.23. The first kappa shape index (κ1) is 28.6. The first-order valence-electron chi connectivity index (χ1n) is 15.0. The van der Waals surface area contributed by atoms with Gasteiger partial charge in [0, 0.05) is 36.9 Å². The number of carbonyl (C=O) groups is 1. The molecule has 5 fully saturated rings. The number of carbonyl (C=O) groups excluding carboxylic acids is 1. The van der Waals surface area contributed by atoms with Crippen LogP contribution in [0.3, 0.4) is 0 Å². The third kappa shape index (κ3) is 4.04. The van der Waals surface area contributed by atoms with Gasteiger partial charge in [-0.3, -0.25) is 0 Å². The second-order valence-electron chi connectivity index (χ2n) is 13.6. The molecule has 10 heteroatoms. The molecule has 2 heterocycles. The molecule has 0 aromatic heterocycles. The van der Waals surface area contributed by atoms with E-state index >= 15 is 0 Å². The number of rotatable bonds is 5. The Hall–Kier alpha value is -1.56. The zero-order valence-electron chi connectivity index (χ0n) is 23.8. The van der Waals surface area contributed by atoms with Gasteiger partial charge < -0.3 is 39.5 Å². The molecule has 2 aliphatic heterocycles. The summed E-state index contributed by atoms with van der Waals surface area (Å²) in [4.78, 5) is 11.8. The van der Waals surface area contributed by atoms with Gasteiger partial charge in [-0.2, -0.15) is 0 Å². The molecule has 4 N–H and O–H groups in total. The highest BCUT2D eigenvalue weighted by Gasteiger charge is 2.71. The molecule has 0 amide bonds. The van der Waals surface area contributed by atoms with E-state index < -0.39 is 40.5 Å². The summed E-state index contributed by atoms with van der Waals surface area (Å²) in [6.45, 7) is 4.27. The summed E-state index contributed by atoms with van der Waals surface area (Å²) in [7, 11) is 1.57. The lowest BCUT2D eigenvalue weighted by Gasteiger charge is -2.65. The standard InChI is InChI=1S/C30H45NO9/c1-17-26(33)23(37-3)13-25(39-17)40-19-4-9-28(16-31-36)21-5-8-27(2)20(18-12-24(32)38-15-18)7-11-30(27,35)22(21)6-10-29(28,34)14-19/h12,16-17,19-23,25-26,33-36H,4-11,13-15H2,1-3H3/t17?,19?,20?,21-,22+,23?,25?,26?,27?,28?,29?,30?/m0/s1. The van der Waals surface area contributed by atoms with Gasteiger partial charge in [0.2, 0.25) is 0 Å². The zero-order valence-corrected chi connectivity index (χ0v) is 23.8. The summed E-state index contributed by atoms with van der Waals surface area (Å²) < 4.78 is 23.0. The summed E-state index contributed by atoms with van der Waals surface area (Å²) in [5, 5.41) is 48.5. The first-order chi connectivity index (χ1) is 19.0. The molecule has 1 saturated heterocycles. The number of nitrogens with zero attached hydrogens (tertiary/aromatic N) is 1. The third-order valence-corrected chi connectivity index (χ3v) is 12.2. The number of hydrogen-bond acceptors (Lipinski definition) is 10. The van der Waals surface area contributed by atoms with Gasteiger partial charge in [0.25, 0.3) is 0 Å². The van der Waals surface area contributed by atoms with E-state index in [1.54, 1.807) is 26.3 Å². The van der Waals surface area contributed by atoms with Crippen LogP contribution in [-0.4, -0.2) is 88.3 Å². The minimum atomic E-state index is -1.15. The van der Waals surface area contributed by atoms with Crippen molar-refractivity contribution in [3.05, 3.63) is 11.6 Å². The summed E-state index contributed by atoms with van der Waals surface area (Å²) in [5.41, 5.74) is -2.28. The maximum Gasteiger partial charge on any atom is 0.331 e. The average molecular weight is 564 g/mol. The maximum atomic E-state index is 12.5. The molecule has 40 heavy (non-hydrogen) atoms. The normalized spacial score (nSPS) is 52.5. The number of oxime groups is 1. The van der Waals surface area contributed by atoms with Crippen LogP contribution in [0.4, 0.5) is 0 Å². The van der Waals surface area contributed by atoms with Gasteiger partial charge in [-0.1, -0.05) is 6.92 Å². The van der Waals surface area contributed by atoms with Crippen molar-refractivity contribution in [3.63, 3.8) is 0 Å². The van der Waals surface area contributed by atoms with E-state index in [0.717, 1.165) is 24.8 Å². The quantitative estimate of drug-likeness (QED) is 0.130. The molecule has 0 radical (unpaired) electrons. The van der Waals surface area contributed by atoms with E-state index in [1.807, 2.05) is 0 Å². The van der Waals surface area contributed by atoms with Crippen LogP contribution >= 0.6 is 0 Å². The van der Waals surface area contributed by atoms with Gasteiger partial charge in [0.1, 0.15) is 12.7 Å². The highest BCUT2D eigenvalue weighted by Crippen LogP contribution is 2.70. The molecule has 4 aliphatic carbocycles. The largest absolute Gasteiger partial charge is 0.458 e. The maximum absolute atomic E-state index is 12.5. The molecule has 6 aliphatic rings. The van der Waals surface area contributed by atoms with E-state index in [2.05, 4.69) is 12.1 Å². The molecule has 12 atom stereocenters. The lowest BCUT2D eigenvalue weighted by molar-refractivity contribution is -0.284. The molecule has 0 aromatic carbocycles. The minimum Gasteiger partial charge on any atom is -0.458 e. The van der Waals surface area contributed by atoms with Crippen molar-refractivity contribution in [1.82, 2.24) is 0 Å². The van der Waals surface area contributed by atoms with Gasteiger partial charge in [0.15, 0.2) is 6.29 Å². The second-order valence-corrected chi connectivity index (χ2v) is 13.6. The molecule has 0 spiro atoms. The SMILES string of the molecule is COC1CC(OC2CCC3(C=NO)[C@H]4CCC5(C)C(C6=CC(=O)OC6)CCC5(O)[C@@H]4CCC3(O)C2)OC(C)C1O. The Morgan fingerprint density at radius 1 is 1.10 bits per heavy atom. The smallest absolute Gasteiger partial charge is 0.331 e. The number of hydrogen-bond donors (Lipinski definition) is 4. The summed E-state index contributed by atoms with van der Waals surface area (Å²) in [5.74, 6) is -0.319. The predicted octanol–water partition coefficient (Wildman–Crippen LogP) is 2.69. The Labute approximate surface area is 235 Å². The molecule has 10 nitrogen and oxygen atoms in total. The number of methoxy groups -OCH3 is 1. The van der Waals surface area contributed by atoms with Crippen LogP contribution in [0.25, 0.3) is 0 Å². The van der Waals surface area contributed by atoms with Gasteiger partial charge >= 0.3 is 5.97 Å². The average Bonchev–Trinajstić information content (AvgIpc) is 3.46. The zero-order chi connectivity index (χ0) is 28.5. The Bertz CT molecular complexity index is 1070. The van der Waals surface area contributed by atoms with Crippen molar-refractivity contribution in [2.75, 3.05) is 13.7 Å². The van der Waals surface area contributed by atoms with Crippen molar-refractivity contribution >= 4 is 12.2 Å². The molecule has 4 saturated carbocycles. The number of ether oxygens (including phenoxy) is 4. The van der Waals surface area contributed by atoms with E-state index in [0.29, 0.717) is 51.6 Å². The monoisotopic (exact) mass is 563 g/mol. The first-order valence-corrected chi connectivity index (χ1v) is 15.0. The fourth-order valence-corrected chi connectivity index (χ4v) is 10.1. The van der Waals surface area contributed by atoms with Crippen LogP contribution < -0.4 is 0 Å². The van der Waals surface area contributed by atoms with Gasteiger partial charge in [0.05, 0.1) is 35.7 Å². The second kappa shape index (κ2) is 10.0. The summed E-state index contributed by atoms with van der Waals surface area (Å²) in [6, 6.07) is 0. The number of aliphatic hydroxyl groups excluding tert-OH is 1. The molecule has 10 unspecified atom stereocenters. The molecular weight excluding hydrogens is 518 g/mol. The van der Waals surface area contributed by atoms with E-state index in [9.17, 15) is 25.3 Å². The summed E-state index contributed by atoms with van der Waals surface area (Å²) >= 11 is 0. The number of aliphatic hydroxyl groups is 3. The van der Waals surface area contributed by atoms with E-state index in [4.69, 9.17) is 18.9 Å². The van der Waals surface area contributed by atoms with Gasteiger partial charge in [-0.05, 0) is 81.6 Å². The Morgan fingerprint density at radius 3 is 2.58 bits per heavy atom. The number of cyclic esters (lactones) is 1. The molecule has 0 aromatic rings. The highest BCUT2D eigenvalue weighted by atomic mass is 16.7. The third-order valence-electron chi connectivity index (χ3n) is 12.2. The minimum absolute atomic E-state index is 0.0469. The van der Waals surface area contributed by atoms with Crippen LogP contribution in [0.5, 0.6) is 0 Å². The van der Waals surface area contributed by atoms with Crippen LogP contribution in [0.15, 0.2) is 16.8 Å². The van der Waals surface area contributed by atoms with E-state index in [1.165, 1.54) is 0 Å². The lowest BCUT2D eigenvalue weighted by Crippen LogP contribution is -2.69. The number of fused-ring (bicyclic) bond motifs is 5. The number of esters is 1. The predicted molar refractivity (Wildman–Crippen MR) is 142 cm³/mol. The molecule has 224 valence electrons. The van der Waals surface area contributed by atoms with Crippen molar-refractivity contribution in [2.24, 2.45) is 33.7 Å². The van der Waals surface area contributed by atoms with E-state index in [-0.39, 0.29) is 35.9 Å². The van der Waals surface area contributed by atoms with Crippen LogP contribution in [0.1, 0.15) is 78.1 Å².